The van der Waals surface area contributed by atoms with Crippen LogP contribution in [-0.4, -0.2) is 52.9 Å². The van der Waals surface area contributed by atoms with Crippen LogP contribution in [0.1, 0.15) is 24.2 Å². The maximum absolute atomic E-state index is 12.5. The number of hydrogen-bond donors (Lipinski definition) is 2. The fourth-order valence-corrected chi connectivity index (χ4v) is 3.82. The quantitative estimate of drug-likeness (QED) is 0.401. The number of amides is 1. The molecule has 2 N–H and O–H groups in total. The Bertz CT molecular complexity index is 1100. The van der Waals surface area contributed by atoms with Crippen molar-refractivity contribution in [2.24, 2.45) is 0 Å². The Morgan fingerprint density at radius 3 is 2.16 bits per heavy atom. The van der Waals surface area contributed by atoms with Crippen LogP contribution in [0.15, 0.2) is 47.4 Å². The number of ether oxygens (including phenoxy) is 3. The van der Waals surface area contributed by atoms with E-state index in [1.54, 1.807) is 6.07 Å². The molecule has 0 radical (unpaired) electrons. The summed E-state index contributed by atoms with van der Waals surface area (Å²) < 4.78 is 42.3. The SMILES string of the molecule is COc1ccc(C(=O)COC(=O)[C@H](C)NS(=O)(=O)c2ccc(NC(C)=O)cc2)cc1OC. The lowest BCUT2D eigenvalue weighted by atomic mass is 10.1. The third-order valence-corrected chi connectivity index (χ3v) is 5.78. The zero-order valence-electron chi connectivity index (χ0n) is 18.0. The zero-order chi connectivity index (χ0) is 23.9. The predicted octanol–water partition coefficient (Wildman–Crippen LogP) is 1.76. The van der Waals surface area contributed by atoms with Gasteiger partial charge in [0.25, 0.3) is 0 Å². The van der Waals surface area contributed by atoms with Crippen molar-refractivity contribution in [2.75, 3.05) is 26.1 Å². The van der Waals surface area contributed by atoms with Crippen molar-refractivity contribution in [1.29, 1.82) is 0 Å². The molecule has 2 aromatic carbocycles. The van der Waals surface area contributed by atoms with E-state index in [1.165, 1.54) is 64.5 Å². The first kappa shape index (κ1) is 24.8. The largest absolute Gasteiger partial charge is 0.493 e. The van der Waals surface area contributed by atoms with Gasteiger partial charge >= 0.3 is 5.97 Å². The minimum absolute atomic E-state index is 0.104. The van der Waals surface area contributed by atoms with Gasteiger partial charge in [0, 0.05) is 18.2 Å². The smallest absolute Gasteiger partial charge is 0.324 e. The Balaban J connectivity index is 1.97. The Hall–Kier alpha value is -3.44. The molecule has 0 spiro atoms. The molecule has 0 unspecified atom stereocenters. The number of Topliss-reactive ketones (excluding diaryl/α,β-unsaturated/α-hetero) is 1. The molecule has 0 aliphatic rings. The van der Waals surface area contributed by atoms with Crippen LogP contribution < -0.4 is 19.5 Å². The molecule has 0 saturated carbocycles. The first-order valence-corrected chi connectivity index (χ1v) is 10.9. The van der Waals surface area contributed by atoms with Crippen molar-refractivity contribution in [3.05, 3.63) is 48.0 Å². The first-order chi connectivity index (χ1) is 15.1. The van der Waals surface area contributed by atoms with Crippen LogP contribution >= 0.6 is 0 Å². The molecule has 1 atom stereocenters. The molecule has 0 heterocycles. The molecular formula is C21H24N2O8S. The van der Waals surface area contributed by atoms with Crippen molar-refractivity contribution in [2.45, 2.75) is 24.8 Å². The van der Waals surface area contributed by atoms with Gasteiger partial charge < -0.3 is 19.5 Å². The molecule has 0 saturated heterocycles. The van der Waals surface area contributed by atoms with E-state index in [2.05, 4.69) is 10.0 Å². The van der Waals surface area contributed by atoms with Crippen LogP contribution in [0.3, 0.4) is 0 Å². The van der Waals surface area contributed by atoms with E-state index in [9.17, 15) is 22.8 Å². The number of esters is 1. The summed E-state index contributed by atoms with van der Waals surface area (Å²) in [6, 6.07) is 8.65. The van der Waals surface area contributed by atoms with Gasteiger partial charge in [-0.25, -0.2) is 8.42 Å². The standard InChI is InChI=1S/C21H24N2O8S/c1-13(23-32(27,28)17-8-6-16(7-9-17)22-14(2)24)21(26)31-12-18(25)15-5-10-19(29-3)20(11-15)30-4/h5-11,13,23H,12H2,1-4H3,(H,22,24)/t13-/m0/s1. The van der Waals surface area contributed by atoms with Gasteiger partial charge in [0.05, 0.1) is 19.1 Å². The summed E-state index contributed by atoms with van der Waals surface area (Å²) in [6.07, 6.45) is 0. The van der Waals surface area contributed by atoms with Gasteiger partial charge in [-0.3, -0.25) is 14.4 Å². The highest BCUT2D eigenvalue weighted by molar-refractivity contribution is 7.89. The maximum Gasteiger partial charge on any atom is 0.324 e. The predicted molar refractivity (Wildman–Crippen MR) is 115 cm³/mol. The van der Waals surface area contributed by atoms with Gasteiger partial charge in [0.1, 0.15) is 6.04 Å². The lowest BCUT2D eigenvalue weighted by Crippen LogP contribution is -2.40. The van der Waals surface area contributed by atoms with Gasteiger partial charge in [-0.2, -0.15) is 4.72 Å². The average Bonchev–Trinajstić information content (AvgIpc) is 2.76. The molecule has 0 fully saturated rings. The summed E-state index contributed by atoms with van der Waals surface area (Å²) in [5.41, 5.74) is 0.667. The number of carbonyl (C=O) groups excluding carboxylic acids is 3. The number of carbonyl (C=O) groups is 3. The second kappa shape index (κ2) is 10.7. The number of nitrogens with one attached hydrogen (secondary N) is 2. The number of rotatable bonds is 10. The van der Waals surface area contributed by atoms with Crippen LogP contribution in [0.4, 0.5) is 5.69 Å². The number of hydrogen-bond acceptors (Lipinski definition) is 8. The van der Waals surface area contributed by atoms with Crippen molar-refractivity contribution in [3.8, 4) is 11.5 Å². The molecule has 0 bridgehead atoms. The Labute approximate surface area is 185 Å². The minimum atomic E-state index is -4.04. The van der Waals surface area contributed by atoms with E-state index in [0.29, 0.717) is 17.2 Å². The Morgan fingerprint density at radius 1 is 0.969 bits per heavy atom. The minimum Gasteiger partial charge on any atom is -0.493 e. The second-order valence-corrected chi connectivity index (χ2v) is 8.36. The highest BCUT2D eigenvalue weighted by atomic mass is 32.2. The van der Waals surface area contributed by atoms with Gasteiger partial charge in [-0.1, -0.05) is 0 Å². The molecule has 2 aromatic rings. The van der Waals surface area contributed by atoms with Gasteiger partial charge in [-0.05, 0) is 49.4 Å². The molecule has 172 valence electrons. The van der Waals surface area contributed by atoms with E-state index in [0.717, 1.165) is 0 Å². The maximum atomic E-state index is 12.5. The molecule has 0 aliphatic carbocycles. The number of benzene rings is 2. The molecular weight excluding hydrogens is 440 g/mol. The van der Waals surface area contributed by atoms with Crippen LogP contribution in [0.5, 0.6) is 11.5 Å². The summed E-state index contributed by atoms with van der Waals surface area (Å²) in [4.78, 5) is 35.4. The fraction of sp³-hybridized carbons (Fsp3) is 0.286. The van der Waals surface area contributed by atoms with Crippen LogP contribution in [-0.2, 0) is 24.3 Å². The monoisotopic (exact) mass is 464 g/mol. The van der Waals surface area contributed by atoms with E-state index in [-0.39, 0.29) is 16.4 Å². The summed E-state index contributed by atoms with van der Waals surface area (Å²) >= 11 is 0. The average molecular weight is 464 g/mol. The summed E-state index contributed by atoms with van der Waals surface area (Å²) in [6.45, 7) is 2.05. The van der Waals surface area contributed by atoms with Crippen LogP contribution in [0.25, 0.3) is 0 Å². The highest BCUT2D eigenvalue weighted by Gasteiger charge is 2.24. The summed E-state index contributed by atoms with van der Waals surface area (Å²) in [5.74, 6) is -0.928. The number of methoxy groups -OCH3 is 2. The first-order valence-electron chi connectivity index (χ1n) is 9.39. The third-order valence-electron chi connectivity index (χ3n) is 4.22. The van der Waals surface area contributed by atoms with Crippen LogP contribution in [0.2, 0.25) is 0 Å². The zero-order valence-corrected chi connectivity index (χ0v) is 18.8. The van der Waals surface area contributed by atoms with Crippen molar-refractivity contribution >= 4 is 33.4 Å². The van der Waals surface area contributed by atoms with E-state index < -0.39 is 34.4 Å². The fourth-order valence-electron chi connectivity index (χ4n) is 2.62. The van der Waals surface area contributed by atoms with E-state index >= 15 is 0 Å². The second-order valence-electron chi connectivity index (χ2n) is 6.65. The Morgan fingerprint density at radius 2 is 1.59 bits per heavy atom. The van der Waals surface area contributed by atoms with E-state index in [4.69, 9.17) is 14.2 Å². The van der Waals surface area contributed by atoms with Crippen molar-refractivity contribution in [3.63, 3.8) is 0 Å². The number of ketones is 1. The van der Waals surface area contributed by atoms with E-state index in [1.807, 2.05) is 0 Å². The summed E-state index contributed by atoms with van der Waals surface area (Å²) in [7, 11) is -1.15. The lowest BCUT2D eigenvalue weighted by Gasteiger charge is -2.14. The van der Waals surface area contributed by atoms with Crippen molar-refractivity contribution < 1.29 is 37.0 Å². The van der Waals surface area contributed by atoms with Crippen LogP contribution in [0, 0.1) is 0 Å². The lowest BCUT2D eigenvalue weighted by molar-refractivity contribution is -0.144. The van der Waals surface area contributed by atoms with Gasteiger partial charge in [-0.15, -0.1) is 0 Å². The van der Waals surface area contributed by atoms with Crippen molar-refractivity contribution in [1.82, 2.24) is 4.72 Å². The topological polar surface area (TPSA) is 137 Å². The molecule has 10 nitrogen and oxygen atoms in total. The number of sulfonamides is 1. The van der Waals surface area contributed by atoms with Gasteiger partial charge in [0.15, 0.2) is 23.9 Å². The molecule has 32 heavy (non-hydrogen) atoms. The molecule has 2 rings (SSSR count). The summed E-state index contributed by atoms with van der Waals surface area (Å²) in [5, 5.41) is 2.52. The van der Waals surface area contributed by atoms with Gasteiger partial charge in [0.2, 0.25) is 15.9 Å². The third kappa shape index (κ3) is 6.53. The number of anilines is 1. The molecule has 0 aliphatic heterocycles. The normalized spacial score (nSPS) is 11.9. The molecule has 1 amide bonds. The highest BCUT2D eigenvalue weighted by Crippen LogP contribution is 2.27. The Kier molecular flexibility index (Phi) is 8.33. The molecule has 0 aromatic heterocycles. The molecule has 11 heteroatoms.